The number of nitrogens with zero attached hydrogens (tertiary/aromatic N) is 1. The van der Waals surface area contributed by atoms with Gasteiger partial charge in [-0.05, 0) is 18.6 Å². The number of amidine groups is 1. The van der Waals surface area contributed by atoms with E-state index >= 15 is 0 Å². The summed E-state index contributed by atoms with van der Waals surface area (Å²) < 4.78 is 5.12. The van der Waals surface area contributed by atoms with Gasteiger partial charge in [-0.25, -0.2) is 4.79 Å². The molecule has 0 bridgehead atoms. The van der Waals surface area contributed by atoms with Gasteiger partial charge in [0, 0.05) is 0 Å². The van der Waals surface area contributed by atoms with Crippen LogP contribution in [0.1, 0.15) is 13.3 Å². The SMILES string of the molecule is CCC(NC(=O)Nc1ccccc1OC)/C(N)=N/O. The fraction of sp³-hybridized carbons (Fsp3) is 0.333. The molecule has 1 atom stereocenters. The molecule has 0 radical (unpaired) electrons. The largest absolute Gasteiger partial charge is 0.495 e. The van der Waals surface area contributed by atoms with Gasteiger partial charge >= 0.3 is 6.03 Å². The number of rotatable bonds is 5. The van der Waals surface area contributed by atoms with Crippen LogP contribution in [0.25, 0.3) is 0 Å². The fourth-order valence-electron chi connectivity index (χ4n) is 1.52. The summed E-state index contributed by atoms with van der Waals surface area (Å²) in [4.78, 5) is 11.8. The lowest BCUT2D eigenvalue weighted by atomic mass is 10.2. The van der Waals surface area contributed by atoms with Crippen LogP contribution >= 0.6 is 0 Å². The minimum atomic E-state index is -0.528. The summed E-state index contributed by atoms with van der Waals surface area (Å²) in [5.74, 6) is 0.507. The summed E-state index contributed by atoms with van der Waals surface area (Å²) in [5, 5.41) is 16.7. The number of oxime groups is 1. The summed E-state index contributed by atoms with van der Waals surface area (Å²) in [5.41, 5.74) is 6.00. The van der Waals surface area contributed by atoms with E-state index in [0.717, 1.165) is 0 Å². The molecule has 19 heavy (non-hydrogen) atoms. The molecule has 1 aromatic carbocycles. The van der Waals surface area contributed by atoms with Crippen LogP contribution in [0.15, 0.2) is 29.4 Å². The average molecular weight is 266 g/mol. The molecule has 0 spiro atoms. The van der Waals surface area contributed by atoms with E-state index < -0.39 is 12.1 Å². The molecule has 7 nitrogen and oxygen atoms in total. The molecule has 0 aliphatic carbocycles. The first-order valence-electron chi connectivity index (χ1n) is 5.80. The molecule has 5 N–H and O–H groups in total. The van der Waals surface area contributed by atoms with Gasteiger partial charge in [0.1, 0.15) is 5.75 Å². The maximum atomic E-state index is 11.8. The van der Waals surface area contributed by atoms with Crippen molar-refractivity contribution in [2.75, 3.05) is 12.4 Å². The molecule has 0 heterocycles. The first kappa shape index (κ1) is 14.6. The first-order chi connectivity index (χ1) is 9.12. The van der Waals surface area contributed by atoms with Crippen molar-refractivity contribution in [2.24, 2.45) is 10.9 Å². The average Bonchev–Trinajstić information content (AvgIpc) is 2.44. The van der Waals surface area contributed by atoms with Gasteiger partial charge in [-0.1, -0.05) is 24.2 Å². The molecule has 1 aromatic rings. The maximum absolute atomic E-state index is 11.8. The number of nitrogens with two attached hydrogens (primary N) is 1. The number of urea groups is 1. The molecule has 104 valence electrons. The van der Waals surface area contributed by atoms with E-state index in [2.05, 4.69) is 15.8 Å². The van der Waals surface area contributed by atoms with Gasteiger partial charge in [0.05, 0.1) is 18.8 Å². The number of ether oxygens (including phenoxy) is 1. The second-order valence-corrected chi connectivity index (χ2v) is 3.78. The summed E-state index contributed by atoms with van der Waals surface area (Å²) in [7, 11) is 1.52. The van der Waals surface area contributed by atoms with Gasteiger partial charge in [0.25, 0.3) is 0 Å². The highest BCUT2D eigenvalue weighted by Gasteiger charge is 2.15. The van der Waals surface area contributed by atoms with Crippen molar-refractivity contribution in [3.63, 3.8) is 0 Å². The van der Waals surface area contributed by atoms with Crippen LogP contribution in [0.3, 0.4) is 0 Å². The molecule has 0 aliphatic rings. The van der Waals surface area contributed by atoms with E-state index in [4.69, 9.17) is 15.7 Å². The molecule has 0 fully saturated rings. The van der Waals surface area contributed by atoms with Crippen molar-refractivity contribution < 1.29 is 14.7 Å². The number of methoxy groups -OCH3 is 1. The van der Waals surface area contributed by atoms with Crippen LogP contribution in [-0.2, 0) is 0 Å². The standard InChI is InChI=1S/C12H18N4O3/c1-3-8(11(13)16-18)14-12(17)15-9-6-4-5-7-10(9)19-2/h4-8,18H,3H2,1-2H3,(H2,13,16)(H2,14,15,17). The zero-order valence-electron chi connectivity index (χ0n) is 10.9. The van der Waals surface area contributed by atoms with Crippen molar-refractivity contribution in [2.45, 2.75) is 19.4 Å². The van der Waals surface area contributed by atoms with Crippen LogP contribution in [0.2, 0.25) is 0 Å². The Morgan fingerprint density at radius 2 is 2.21 bits per heavy atom. The zero-order valence-corrected chi connectivity index (χ0v) is 10.9. The molecule has 2 amide bonds. The van der Waals surface area contributed by atoms with Crippen molar-refractivity contribution in [1.29, 1.82) is 0 Å². The summed E-state index contributed by atoms with van der Waals surface area (Å²) in [6, 6.07) is 6.04. The second kappa shape index (κ2) is 7.10. The molecular formula is C12H18N4O3. The molecule has 0 saturated carbocycles. The van der Waals surface area contributed by atoms with Gasteiger partial charge in [-0.2, -0.15) is 0 Å². The highest BCUT2D eigenvalue weighted by atomic mass is 16.5. The molecule has 0 aromatic heterocycles. The summed E-state index contributed by atoms with van der Waals surface area (Å²) >= 11 is 0. The number of nitrogens with one attached hydrogen (secondary N) is 2. The van der Waals surface area contributed by atoms with Crippen LogP contribution in [0.5, 0.6) is 5.75 Å². The normalized spacial score (nSPS) is 12.6. The topological polar surface area (TPSA) is 109 Å². The minimum Gasteiger partial charge on any atom is -0.495 e. The number of benzene rings is 1. The Balaban J connectivity index is 2.69. The molecule has 0 aliphatic heterocycles. The predicted molar refractivity (Wildman–Crippen MR) is 72.6 cm³/mol. The second-order valence-electron chi connectivity index (χ2n) is 3.78. The lowest BCUT2D eigenvalue weighted by Gasteiger charge is -2.16. The number of carbonyl (C=O) groups is 1. The van der Waals surface area contributed by atoms with Crippen LogP contribution < -0.4 is 21.1 Å². The Kier molecular flexibility index (Phi) is 5.46. The van der Waals surface area contributed by atoms with Crippen molar-refractivity contribution >= 4 is 17.6 Å². The maximum Gasteiger partial charge on any atom is 0.319 e. The van der Waals surface area contributed by atoms with Crippen LogP contribution in [0, 0.1) is 0 Å². The smallest absolute Gasteiger partial charge is 0.319 e. The Morgan fingerprint density at radius 3 is 2.79 bits per heavy atom. The number of hydrogen-bond acceptors (Lipinski definition) is 4. The lowest BCUT2D eigenvalue weighted by Crippen LogP contribution is -2.45. The Bertz CT molecular complexity index is 462. The van der Waals surface area contributed by atoms with Gasteiger partial charge in [0.15, 0.2) is 5.84 Å². The molecule has 1 rings (SSSR count). The number of anilines is 1. The summed E-state index contributed by atoms with van der Waals surface area (Å²) in [6.45, 7) is 1.81. The van der Waals surface area contributed by atoms with Gasteiger partial charge in [-0.3, -0.25) is 0 Å². The van der Waals surface area contributed by atoms with Gasteiger partial charge < -0.3 is 26.3 Å². The highest BCUT2D eigenvalue weighted by molar-refractivity contribution is 5.95. The van der Waals surface area contributed by atoms with Crippen LogP contribution in [-0.4, -0.2) is 30.2 Å². The third-order valence-electron chi connectivity index (χ3n) is 2.54. The van der Waals surface area contributed by atoms with E-state index in [0.29, 0.717) is 17.9 Å². The number of amides is 2. The third kappa shape index (κ3) is 4.06. The first-order valence-corrected chi connectivity index (χ1v) is 5.80. The van der Waals surface area contributed by atoms with Gasteiger partial charge in [-0.15, -0.1) is 0 Å². The van der Waals surface area contributed by atoms with E-state index in [1.54, 1.807) is 24.3 Å². The molecule has 0 saturated heterocycles. The zero-order chi connectivity index (χ0) is 14.3. The Hall–Kier alpha value is -2.44. The minimum absolute atomic E-state index is 0.0438. The molecular weight excluding hydrogens is 248 g/mol. The van der Waals surface area contributed by atoms with Crippen molar-refractivity contribution in [1.82, 2.24) is 5.32 Å². The quantitative estimate of drug-likeness (QED) is 0.279. The highest BCUT2D eigenvalue weighted by Crippen LogP contribution is 2.22. The Labute approximate surface area is 111 Å². The van der Waals surface area contributed by atoms with E-state index in [1.165, 1.54) is 7.11 Å². The number of para-hydroxylation sites is 2. The third-order valence-corrected chi connectivity index (χ3v) is 2.54. The fourth-order valence-corrected chi connectivity index (χ4v) is 1.52. The van der Waals surface area contributed by atoms with E-state index in [-0.39, 0.29) is 5.84 Å². The van der Waals surface area contributed by atoms with Crippen LogP contribution in [0.4, 0.5) is 10.5 Å². The predicted octanol–water partition coefficient (Wildman–Crippen LogP) is 1.34. The van der Waals surface area contributed by atoms with E-state index in [9.17, 15) is 4.79 Å². The van der Waals surface area contributed by atoms with Gasteiger partial charge in [0.2, 0.25) is 0 Å². The molecule has 1 unspecified atom stereocenters. The number of carbonyl (C=O) groups excluding carboxylic acids is 1. The lowest BCUT2D eigenvalue weighted by molar-refractivity contribution is 0.250. The van der Waals surface area contributed by atoms with E-state index in [1.807, 2.05) is 6.92 Å². The number of hydrogen-bond donors (Lipinski definition) is 4. The van der Waals surface area contributed by atoms with Crippen molar-refractivity contribution in [3.8, 4) is 5.75 Å². The summed E-state index contributed by atoms with van der Waals surface area (Å²) in [6.07, 6.45) is 0.509. The molecule has 7 heteroatoms. The monoisotopic (exact) mass is 266 g/mol. The van der Waals surface area contributed by atoms with Crippen molar-refractivity contribution in [3.05, 3.63) is 24.3 Å². The Morgan fingerprint density at radius 1 is 1.53 bits per heavy atom.